The zero-order chi connectivity index (χ0) is 10.3. The Morgan fingerprint density at radius 1 is 1.29 bits per heavy atom. The van der Waals surface area contributed by atoms with Crippen LogP contribution in [0.4, 0.5) is 0 Å². The third-order valence-electron chi connectivity index (χ3n) is 1.64. The van der Waals surface area contributed by atoms with E-state index in [1.54, 1.807) is 0 Å². The van der Waals surface area contributed by atoms with Gasteiger partial charge in [-0.2, -0.15) is 9.69 Å². The molecular weight excluding hydrogens is 224 g/mol. The number of imide groups is 1. The van der Waals surface area contributed by atoms with E-state index in [4.69, 9.17) is 12.2 Å². The third kappa shape index (κ3) is 1.17. The van der Waals surface area contributed by atoms with Gasteiger partial charge in [0, 0.05) is 12.2 Å². The smallest absolute Gasteiger partial charge is 0.273 e. The lowest BCUT2D eigenvalue weighted by Crippen LogP contribution is -2.39. The van der Waals surface area contributed by atoms with Gasteiger partial charge in [-0.05, 0) is 12.2 Å². The zero-order valence-electron chi connectivity index (χ0n) is 6.71. The SMILES string of the molecule is O=C1C=CC(=O)N1n1c(O)csc1=S. The maximum absolute atomic E-state index is 11.2. The Kier molecular flexibility index (Phi) is 1.97. The van der Waals surface area contributed by atoms with E-state index in [2.05, 4.69) is 0 Å². The van der Waals surface area contributed by atoms with Gasteiger partial charge in [-0.1, -0.05) is 0 Å². The van der Waals surface area contributed by atoms with Gasteiger partial charge in [0.25, 0.3) is 11.8 Å². The first-order valence-electron chi connectivity index (χ1n) is 3.57. The average molecular weight is 228 g/mol. The molecule has 5 nitrogen and oxygen atoms in total. The molecule has 0 atom stereocenters. The topological polar surface area (TPSA) is 62.5 Å². The molecule has 0 aliphatic carbocycles. The Balaban J connectivity index is 2.56. The second-order valence-electron chi connectivity index (χ2n) is 2.49. The Labute approximate surface area is 87.5 Å². The van der Waals surface area contributed by atoms with Crippen LogP contribution in [0.2, 0.25) is 0 Å². The van der Waals surface area contributed by atoms with Crippen molar-refractivity contribution < 1.29 is 14.7 Å². The molecule has 1 aliphatic rings. The lowest BCUT2D eigenvalue weighted by molar-refractivity contribution is -0.122. The van der Waals surface area contributed by atoms with Crippen LogP contribution in [0.25, 0.3) is 0 Å². The van der Waals surface area contributed by atoms with Crippen LogP contribution in [0.3, 0.4) is 0 Å². The minimum Gasteiger partial charge on any atom is -0.493 e. The first kappa shape index (κ1) is 9.10. The van der Waals surface area contributed by atoms with Gasteiger partial charge in [0.1, 0.15) is 0 Å². The zero-order valence-corrected chi connectivity index (χ0v) is 8.34. The summed E-state index contributed by atoms with van der Waals surface area (Å²) in [5, 5.41) is 11.5. The van der Waals surface area contributed by atoms with Crippen LogP contribution >= 0.6 is 23.6 Å². The van der Waals surface area contributed by atoms with Crippen molar-refractivity contribution in [2.75, 3.05) is 5.01 Å². The number of rotatable bonds is 1. The van der Waals surface area contributed by atoms with Crippen LogP contribution in [-0.4, -0.2) is 21.6 Å². The van der Waals surface area contributed by atoms with Gasteiger partial charge < -0.3 is 5.11 Å². The quantitative estimate of drug-likeness (QED) is 0.563. The standard InChI is InChI=1S/C7H4N2O3S2/c10-4-1-2-5(11)8(4)9-6(12)3-14-7(9)13/h1-3,12H. The van der Waals surface area contributed by atoms with Crippen LogP contribution in [0.5, 0.6) is 5.88 Å². The van der Waals surface area contributed by atoms with E-state index in [0.29, 0.717) is 0 Å². The van der Waals surface area contributed by atoms with Crippen molar-refractivity contribution >= 4 is 35.4 Å². The Morgan fingerprint density at radius 3 is 2.29 bits per heavy atom. The molecule has 0 radical (unpaired) electrons. The molecular formula is C7H4N2O3S2. The van der Waals surface area contributed by atoms with E-state index in [9.17, 15) is 14.7 Å². The molecule has 1 N–H and O–H groups in total. The second-order valence-corrected chi connectivity index (χ2v) is 4.00. The number of carbonyl (C=O) groups is 2. The van der Waals surface area contributed by atoms with Gasteiger partial charge in [-0.3, -0.25) is 9.59 Å². The van der Waals surface area contributed by atoms with Crippen molar-refractivity contribution in [3.8, 4) is 5.88 Å². The second kappa shape index (κ2) is 3.03. The van der Waals surface area contributed by atoms with Crippen molar-refractivity contribution in [2.45, 2.75) is 0 Å². The number of nitrogens with zero attached hydrogens (tertiary/aromatic N) is 2. The summed E-state index contributed by atoms with van der Waals surface area (Å²) in [6.07, 6.45) is 2.25. The van der Waals surface area contributed by atoms with Gasteiger partial charge in [0.2, 0.25) is 5.88 Å². The largest absolute Gasteiger partial charge is 0.493 e. The molecule has 2 rings (SSSR count). The molecule has 7 heteroatoms. The number of aromatic hydroxyl groups is 1. The molecule has 0 aromatic carbocycles. The van der Waals surface area contributed by atoms with E-state index in [1.165, 1.54) is 5.38 Å². The van der Waals surface area contributed by atoms with Gasteiger partial charge in [-0.25, -0.2) is 0 Å². The van der Waals surface area contributed by atoms with Gasteiger partial charge in [0.05, 0.1) is 5.38 Å². The molecule has 0 saturated heterocycles. The first-order valence-corrected chi connectivity index (χ1v) is 4.86. The number of carbonyl (C=O) groups excluding carboxylic acids is 2. The average Bonchev–Trinajstić information content (AvgIpc) is 2.60. The van der Waals surface area contributed by atoms with Crippen LogP contribution in [-0.2, 0) is 9.59 Å². The molecule has 1 aliphatic heterocycles. The summed E-state index contributed by atoms with van der Waals surface area (Å²) in [4.78, 5) is 22.5. The number of hydrogen-bond acceptors (Lipinski definition) is 5. The fraction of sp³-hybridized carbons (Fsp3) is 0. The number of hydrogen-bond donors (Lipinski definition) is 1. The Hall–Kier alpha value is -1.47. The van der Waals surface area contributed by atoms with Crippen molar-refractivity contribution in [2.24, 2.45) is 0 Å². The van der Waals surface area contributed by atoms with Gasteiger partial charge in [-0.15, -0.1) is 11.3 Å². The van der Waals surface area contributed by atoms with Gasteiger partial charge in [0.15, 0.2) is 3.95 Å². The molecule has 0 fully saturated rings. The highest BCUT2D eigenvalue weighted by molar-refractivity contribution is 7.73. The van der Waals surface area contributed by atoms with Crippen LogP contribution in [0.1, 0.15) is 0 Å². The normalized spacial score (nSPS) is 15.6. The summed E-state index contributed by atoms with van der Waals surface area (Å²) >= 11 is 5.94. The lowest BCUT2D eigenvalue weighted by Gasteiger charge is -2.14. The minimum absolute atomic E-state index is 0.217. The van der Waals surface area contributed by atoms with Gasteiger partial charge >= 0.3 is 0 Å². The highest BCUT2D eigenvalue weighted by Gasteiger charge is 2.27. The molecule has 2 amide bonds. The van der Waals surface area contributed by atoms with Crippen molar-refractivity contribution in [1.29, 1.82) is 0 Å². The third-order valence-corrected chi connectivity index (χ3v) is 2.81. The molecule has 0 unspecified atom stereocenters. The van der Waals surface area contributed by atoms with E-state index in [-0.39, 0.29) is 9.83 Å². The number of amides is 2. The van der Waals surface area contributed by atoms with Crippen molar-refractivity contribution in [1.82, 2.24) is 4.68 Å². The highest BCUT2D eigenvalue weighted by Crippen LogP contribution is 2.19. The summed E-state index contributed by atoms with van der Waals surface area (Å²) in [5.41, 5.74) is 0. The highest BCUT2D eigenvalue weighted by atomic mass is 32.1. The van der Waals surface area contributed by atoms with Crippen molar-refractivity contribution in [3.05, 3.63) is 21.5 Å². The van der Waals surface area contributed by atoms with Crippen molar-refractivity contribution in [3.63, 3.8) is 0 Å². The predicted molar refractivity (Wildman–Crippen MR) is 52.2 cm³/mol. The predicted octanol–water partition coefficient (Wildman–Crippen LogP) is 0.546. The van der Waals surface area contributed by atoms with E-state index in [0.717, 1.165) is 33.2 Å². The Morgan fingerprint density at radius 2 is 1.86 bits per heavy atom. The lowest BCUT2D eigenvalue weighted by atomic mass is 10.6. The molecule has 14 heavy (non-hydrogen) atoms. The van der Waals surface area contributed by atoms with E-state index >= 15 is 0 Å². The van der Waals surface area contributed by atoms with E-state index in [1.807, 2.05) is 0 Å². The van der Waals surface area contributed by atoms with Crippen LogP contribution in [0.15, 0.2) is 17.5 Å². The first-order chi connectivity index (χ1) is 6.61. The maximum Gasteiger partial charge on any atom is 0.273 e. The molecule has 0 bridgehead atoms. The maximum atomic E-state index is 11.2. The summed E-state index contributed by atoms with van der Waals surface area (Å²) in [5.74, 6) is -1.25. The van der Waals surface area contributed by atoms with E-state index < -0.39 is 11.8 Å². The summed E-state index contributed by atoms with van der Waals surface area (Å²) in [7, 11) is 0. The summed E-state index contributed by atoms with van der Waals surface area (Å²) in [6.45, 7) is 0. The minimum atomic E-state index is -0.514. The number of aromatic nitrogens is 1. The van der Waals surface area contributed by atoms with Crippen LogP contribution < -0.4 is 5.01 Å². The molecule has 2 heterocycles. The fourth-order valence-corrected chi connectivity index (χ4v) is 1.97. The fourth-order valence-electron chi connectivity index (χ4n) is 1.07. The molecule has 0 saturated carbocycles. The number of thiazole rings is 1. The monoisotopic (exact) mass is 228 g/mol. The Bertz CT molecular complexity index is 481. The molecule has 1 aromatic heterocycles. The summed E-state index contributed by atoms with van der Waals surface area (Å²) in [6, 6.07) is 0. The molecule has 1 aromatic rings. The van der Waals surface area contributed by atoms with Crippen LogP contribution in [0, 0.1) is 3.95 Å². The summed E-state index contributed by atoms with van der Waals surface area (Å²) < 4.78 is 1.25. The molecule has 72 valence electrons. The molecule has 0 spiro atoms.